The van der Waals surface area contributed by atoms with Gasteiger partial charge in [0.15, 0.2) is 11.5 Å². The fourth-order valence-corrected chi connectivity index (χ4v) is 8.82. The first-order chi connectivity index (χ1) is 32.0. The van der Waals surface area contributed by atoms with Crippen molar-refractivity contribution in [3.63, 3.8) is 0 Å². The molecule has 348 valence electrons. The molecule has 0 aromatic heterocycles. The summed E-state index contributed by atoms with van der Waals surface area (Å²) in [6, 6.07) is 26.4. The van der Waals surface area contributed by atoms with E-state index >= 15 is 0 Å². The van der Waals surface area contributed by atoms with Gasteiger partial charge in [0.05, 0.1) is 47.8 Å². The molecule has 6 aromatic carbocycles. The summed E-state index contributed by atoms with van der Waals surface area (Å²) < 4.78 is 11.1. The Balaban J connectivity index is 0.000000215. The normalized spacial score (nSPS) is 18.0. The SMILES string of the molecule is CC[C@@H](Nc1c(Nc2cccc(C(=O)N3CC4OC(C)(C)C[C@@H]4[C@H]3C(=O)OC)c2O)c(=O)c1=O)c1ccccc1.CC[C@@H](Nc1c(Nc2cccc(C(=O)O)c2O)c(=O)c1=O)c1ccccc1. The summed E-state index contributed by atoms with van der Waals surface area (Å²) >= 11 is 0. The van der Waals surface area contributed by atoms with Gasteiger partial charge in [-0.1, -0.05) is 86.6 Å². The lowest BCUT2D eigenvalue weighted by atomic mass is 9.90. The van der Waals surface area contributed by atoms with E-state index in [9.17, 15) is 43.8 Å². The number of phenolic OH excluding ortho intramolecular Hbond substituents is 1. The van der Waals surface area contributed by atoms with Crippen molar-refractivity contribution in [2.75, 3.05) is 34.9 Å². The first-order valence-corrected chi connectivity index (χ1v) is 21.8. The quantitative estimate of drug-likeness (QED) is 0.0331. The van der Waals surface area contributed by atoms with Gasteiger partial charge in [-0.3, -0.25) is 24.0 Å². The number of phenols is 2. The molecule has 8 rings (SSSR count). The van der Waals surface area contributed by atoms with Gasteiger partial charge in [-0.25, -0.2) is 9.59 Å². The van der Waals surface area contributed by atoms with Gasteiger partial charge in [-0.15, -0.1) is 0 Å². The van der Waals surface area contributed by atoms with Gasteiger partial charge in [0.25, 0.3) is 27.6 Å². The molecule has 2 aliphatic rings. The Labute approximate surface area is 384 Å². The number of hydrogen-bond acceptors (Lipinski definition) is 15. The molecule has 0 spiro atoms. The maximum Gasteiger partial charge on any atom is 0.339 e. The van der Waals surface area contributed by atoms with E-state index in [0.29, 0.717) is 19.3 Å². The van der Waals surface area contributed by atoms with Gasteiger partial charge in [-0.05, 0) is 68.5 Å². The number of ether oxygens (including phenoxy) is 2. The summed E-state index contributed by atoms with van der Waals surface area (Å²) in [4.78, 5) is 87.9. The van der Waals surface area contributed by atoms with E-state index in [1.165, 1.54) is 42.3 Å². The molecule has 67 heavy (non-hydrogen) atoms. The maximum atomic E-state index is 13.7. The number of nitrogens with zero attached hydrogens (tertiary/aromatic N) is 1. The standard InChI is InChI=1S/C30H33N3O7.C20H18N2O5/c1-5-19(16-10-7-6-8-11-16)31-22-23(27(36)26(22)35)32-20-13-9-12-17(25(20)34)28(37)33-15-21-18(14-30(2,3)40-21)24(33)29(38)39-4;1-2-13(11-7-4-3-5-8-11)21-15-16(19(25)18(15)24)22-14-10-6-9-12(17(14)23)20(26)27/h6-13,18-19,21,24,31-32,34H,5,14-15H2,1-4H3;3-10,13,21-23H,2H2,1H3,(H,26,27)/t18-,19+,21?,24-;13-/m01/s1. The highest BCUT2D eigenvalue weighted by Crippen LogP contribution is 2.44. The number of aromatic hydroxyl groups is 2. The van der Waals surface area contributed by atoms with Gasteiger partial charge >= 0.3 is 11.9 Å². The number of methoxy groups -OCH3 is 1. The highest BCUT2D eigenvalue weighted by Gasteiger charge is 2.56. The van der Waals surface area contributed by atoms with Crippen LogP contribution in [0.4, 0.5) is 34.1 Å². The van der Waals surface area contributed by atoms with E-state index in [-0.39, 0.29) is 75.9 Å². The highest BCUT2D eigenvalue weighted by molar-refractivity contribution is 6.01. The Bertz CT molecular complexity index is 2960. The lowest BCUT2D eigenvalue weighted by Gasteiger charge is -2.28. The Morgan fingerprint density at radius 3 is 1.58 bits per heavy atom. The number of carboxylic acid groups (broad SMARTS) is 1. The average Bonchev–Trinajstić information content (AvgIpc) is 3.83. The molecule has 0 bridgehead atoms. The summed E-state index contributed by atoms with van der Waals surface area (Å²) in [5, 5.41) is 42.0. The number of esters is 1. The molecule has 1 amide bonds. The van der Waals surface area contributed by atoms with Crippen LogP contribution in [-0.4, -0.2) is 69.5 Å². The second-order valence-electron chi connectivity index (χ2n) is 17.0. The van der Waals surface area contributed by atoms with Crippen LogP contribution in [-0.2, 0) is 14.3 Å². The predicted octanol–water partition coefficient (Wildman–Crippen LogP) is 6.47. The van der Waals surface area contributed by atoms with E-state index < -0.39 is 62.7 Å². The molecular weight excluding hydrogens is 863 g/mol. The molecule has 6 aromatic rings. The third-order valence-corrected chi connectivity index (χ3v) is 12.2. The van der Waals surface area contributed by atoms with E-state index in [4.69, 9.17) is 14.6 Å². The van der Waals surface area contributed by atoms with Crippen LogP contribution in [0.5, 0.6) is 11.5 Å². The van der Waals surface area contributed by atoms with E-state index in [2.05, 4.69) is 21.3 Å². The number of carbonyl (C=O) groups excluding carboxylic acids is 2. The number of fused-ring (bicyclic) bond motifs is 1. The van der Waals surface area contributed by atoms with Crippen LogP contribution < -0.4 is 43.0 Å². The number of para-hydroxylation sites is 2. The number of likely N-dealkylation sites (tertiary alicyclic amines) is 1. The minimum Gasteiger partial charge on any atom is -0.505 e. The topological polar surface area (TPSA) is 250 Å². The smallest absolute Gasteiger partial charge is 0.339 e. The van der Waals surface area contributed by atoms with Crippen molar-refractivity contribution in [3.05, 3.63) is 160 Å². The lowest BCUT2D eigenvalue weighted by Crippen LogP contribution is -2.45. The number of anilines is 6. The zero-order chi connectivity index (χ0) is 48.3. The Morgan fingerprint density at radius 1 is 0.687 bits per heavy atom. The van der Waals surface area contributed by atoms with Crippen molar-refractivity contribution >= 4 is 52.0 Å². The number of hydrogen-bond donors (Lipinski definition) is 7. The van der Waals surface area contributed by atoms with Gasteiger partial charge < -0.3 is 51.0 Å². The van der Waals surface area contributed by atoms with Crippen molar-refractivity contribution in [2.24, 2.45) is 5.92 Å². The molecule has 0 radical (unpaired) electrons. The first kappa shape index (κ1) is 47.2. The van der Waals surface area contributed by atoms with E-state index in [1.54, 1.807) is 6.07 Å². The van der Waals surface area contributed by atoms with Gasteiger partial charge in [0.2, 0.25) is 0 Å². The summed E-state index contributed by atoms with van der Waals surface area (Å²) in [6.45, 7) is 7.98. The molecule has 1 unspecified atom stereocenters. The summed E-state index contributed by atoms with van der Waals surface area (Å²) in [7, 11) is 1.28. The number of amides is 1. The van der Waals surface area contributed by atoms with Crippen LogP contribution in [0.15, 0.2) is 116 Å². The van der Waals surface area contributed by atoms with Crippen LogP contribution in [0.3, 0.4) is 0 Å². The van der Waals surface area contributed by atoms with Gasteiger partial charge in [0, 0.05) is 12.5 Å². The second kappa shape index (κ2) is 19.4. The predicted molar refractivity (Wildman–Crippen MR) is 253 cm³/mol. The molecule has 2 saturated heterocycles. The third-order valence-electron chi connectivity index (χ3n) is 12.2. The van der Waals surface area contributed by atoms with Crippen molar-refractivity contribution in [3.8, 4) is 11.5 Å². The average molecular weight is 914 g/mol. The number of nitrogens with one attached hydrogen (secondary N) is 4. The minimum absolute atomic E-state index is 0.00669. The second-order valence-corrected chi connectivity index (χ2v) is 17.0. The summed E-state index contributed by atoms with van der Waals surface area (Å²) in [6.07, 6.45) is 1.59. The zero-order valence-corrected chi connectivity index (χ0v) is 37.4. The fourth-order valence-electron chi connectivity index (χ4n) is 8.82. The Morgan fingerprint density at radius 2 is 1.13 bits per heavy atom. The molecule has 17 heteroatoms. The van der Waals surface area contributed by atoms with Crippen LogP contribution >= 0.6 is 0 Å². The Kier molecular flexibility index (Phi) is 13.6. The summed E-state index contributed by atoms with van der Waals surface area (Å²) in [5.74, 6) is -3.54. The van der Waals surface area contributed by atoms with Crippen molar-refractivity contribution < 1.29 is 39.2 Å². The number of carboxylic acids is 1. The number of benzene rings is 4. The van der Waals surface area contributed by atoms with Crippen LogP contribution in [0.25, 0.3) is 0 Å². The lowest BCUT2D eigenvalue weighted by molar-refractivity contribution is -0.146. The van der Waals surface area contributed by atoms with Crippen LogP contribution in [0.2, 0.25) is 0 Å². The number of carbonyl (C=O) groups is 3. The van der Waals surface area contributed by atoms with E-state index in [1.807, 2.05) is 88.4 Å². The molecule has 2 heterocycles. The molecule has 2 fully saturated rings. The zero-order valence-electron chi connectivity index (χ0n) is 37.4. The molecule has 0 saturated carbocycles. The molecule has 0 aliphatic carbocycles. The molecule has 2 aliphatic heterocycles. The third kappa shape index (κ3) is 9.36. The van der Waals surface area contributed by atoms with Crippen molar-refractivity contribution in [2.45, 2.75) is 76.8 Å². The van der Waals surface area contributed by atoms with E-state index in [0.717, 1.165) is 11.1 Å². The molecular formula is C50H51N5O12. The van der Waals surface area contributed by atoms with Gasteiger partial charge in [-0.2, -0.15) is 0 Å². The molecule has 7 N–H and O–H groups in total. The van der Waals surface area contributed by atoms with Crippen molar-refractivity contribution in [1.29, 1.82) is 0 Å². The largest absolute Gasteiger partial charge is 0.505 e. The van der Waals surface area contributed by atoms with Crippen LogP contribution in [0.1, 0.15) is 90.9 Å². The monoisotopic (exact) mass is 913 g/mol. The van der Waals surface area contributed by atoms with Crippen molar-refractivity contribution in [1.82, 2.24) is 4.90 Å². The van der Waals surface area contributed by atoms with Gasteiger partial charge in [0.1, 0.15) is 34.4 Å². The molecule has 17 nitrogen and oxygen atoms in total. The number of aromatic carboxylic acids is 1. The summed E-state index contributed by atoms with van der Waals surface area (Å²) in [5.41, 5.74) is -1.22. The maximum absolute atomic E-state index is 13.7. The fraction of sp³-hybridized carbons (Fsp3) is 0.300. The highest BCUT2D eigenvalue weighted by atomic mass is 16.5. The molecule has 5 atom stereocenters. The Hall–Kier alpha value is -7.79. The first-order valence-electron chi connectivity index (χ1n) is 21.8. The van der Waals surface area contributed by atoms with Crippen LogP contribution in [0, 0.1) is 5.92 Å². The number of rotatable bonds is 15. The minimum atomic E-state index is -1.30.